The van der Waals surface area contributed by atoms with E-state index in [-0.39, 0.29) is 5.91 Å². The number of hydrogen-bond acceptors (Lipinski definition) is 5. The van der Waals surface area contributed by atoms with E-state index in [0.29, 0.717) is 18.7 Å². The zero-order valence-corrected chi connectivity index (χ0v) is 17.1. The zero-order valence-electron chi connectivity index (χ0n) is 16.3. The van der Waals surface area contributed by atoms with Crippen LogP contribution in [0.15, 0.2) is 60.1 Å². The molecule has 0 aliphatic rings. The van der Waals surface area contributed by atoms with Crippen LogP contribution in [0.1, 0.15) is 27.4 Å². The van der Waals surface area contributed by atoms with E-state index in [1.165, 1.54) is 11.3 Å². The molecule has 1 aromatic carbocycles. The molecule has 0 fully saturated rings. The second-order valence-electron chi connectivity index (χ2n) is 6.66. The van der Waals surface area contributed by atoms with E-state index >= 15 is 0 Å². The number of amides is 1. The van der Waals surface area contributed by atoms with Crippen molar-refractivity contribution in [2.45, 2.75) is 20.3 Å². The standard InChI is InChI=1S/C22H21N5OS/c1-15-18(16(2)27(26-15)20-10-6-7-12-23-20)11-13-24-21(28)19-14-29-22(25-19)17-8-4-3-5-9-17/h3-10,12,14H,11,13H2,1-2H3,(H,24,28). The molecular weight excluding hydrogens is 382 g/mol. The molecule has 1 N–H and O–H groups in total. The number of nitrogens with zero attached hydrogens (tertiary/aromatic N) is 4. The predicted molar refractivity (Wildman–Crippen MR) is 114 cm³/mol. The Morgan fingerprint density at radius 2 is 1.90 bits per heavy atom. The Hall–Kier alpha value is -3.32. The summed E-state index contributed by atoms with van der Waals surface area (Å²) in [6.45, 7) is 4.53. The van der Waals surface area contributed by atoms with Gasteiger partial charge in [0.2, 0.25) is 0 Å². The van der Waals surface area contributed by atoms with Crippen LogP contribution in [-0.4, -0.2) is 32.2 Å². The first kappa shape index (κ1) is 19.0. The molecule has 0 radical (unpaired) electrons. The number of aryl methyl sites for hydroxylation is 1. The Labute approximate surface area is 173 Å². The molecule has 3 heterocycles. The minimum Gasteiger partial charge on any atom is -0.350 e. The summed E-state index contributed by atoms with van der Waals surface area (Å²) in [7, 11) is 0. The van der Waals surface area contributed by atoms with Gasteiger partial charge in [-0.1, -0.05) is 36.4 Å². The molecule has 0 saturated heterocycles. The van der Waals surface area contributed by atoms with Gasteiger partial charge in [-0.25, -0.2) is 14.6 Å². The molecule has 0 unspecified atom stereocenters. The van der Waals surface area contributed by atoms with E-state index < -0.39 is 0 Å². The van der Waals surface area contributed by atoms with E-state index in [1.807, 2.05) is 67.1 Å². The number of benzene rings is 1. The number of nitrogens with one attached hydrogen (secondary N) is 1. The smallest absolute Gasteiger partial charge is 0.270 e. The summed E-state index contributed by atoms with van der Waals surface area (Å²) in [5.41, 5.74) is 4.58. The Morgan fingerprint density at radius 3 is 2.66 bits per heavy atom. The van der Waals surface area contributed by atoms with Crippen molar-refractivity contribution in [3.63, 3.8) is 0 Å². The van der Waals surface area contributed by atoms with Crippen LogP contribution in [0.25, 0.3) is 16.4 Å². The molecule has 4 rings (SSSR count). The molecule has 6 nitrogen and oxygen atoms in total. The third-order valence-corrected chi connectivity index (χ3v) is 5.62. The lowest BCUT2D eigenvalue weighted by Gasteiger charge is -2.05. The molecule has 0 spiro atoms. The van der Waals surface area contributed by atoms with Crippen LogP contribution >= 0.6 is 11.3 Å². The quantitative estimate of drug-likeness (QED) is 0.529. The fourth-order valence-electron chi connectivity index (χ4n) is 3.22. The summed E-state index contributed by atoms with van der Waals surface area (Å²) in [4.78, 5) is 21.3. The van der Waals surface area contributed by atoms with Crippen LogP contribution in [0, 0.1) is 13.8 Å². The van der Waals surface area contributed by atoms with Crippen LogP contribution < -0.4 is 5.32 Å². The average Bonchev–Trinajstić information content (AvgIpc) is 3.36. The van der Waals surface area contributed by atoms with Gasteiger partial charge >= 0.3 is 0 Å². The molecule has 146 valence electrons. The molecule has 4 aromatic rings. The van der Waals surface area contributed by atoms with E-state index in [0.717, 1.165) is 33.3 Å². The van der Waals surface area contributed by atoms with Crippen molar-refractivity contribution >= 4 is 17.2 Å². The maximum atomic E-state index is 12.5. The highest BCUT2D eigenvalue weighted by Gasteiger charge is 2.15. The third kappa shape index (κ3) is 4.09. The Morgan fingerprint density at radius 1 is 1.10 bits per heavy atom. The molecule has 29 heavy (non-hydrogen) atoms. The highest BCUT2D eigenvalue weighted by Crippen LogP contribution is 2.23. The molecule has 0 saturated carbocycles. The summed E-state index contributed by atoms with van der Waals surface area (Å²) >= 11 is 1.47. The first-order valence-electron chi connectivity index (χ1n) is 9.39. The summed E-state index contributed by atoms with van der Waals surface area (Å²) < 4.78 is 1.85. The summed E-state index contributed by atoms with van der Waals surface area (Å²) in [6, 6.07) is 15.6. The van der Waals surface area contributed by atoms with Crippen molar-refractivity contribution < 1.29 is 4.79 Å². The Bertz CT molecular complexity index is 1120. The van der Waals surface area contributed by atoms with Gasteiger partial charge in [0.05, 0.1) is 5.69 Å². The fraction of sp³-hybridized carbons (Fsp3) is 0.182. The first-order valence-corrected chi connectivity index (χ1v) is 10.3. The lowest BCUT2D eigenvalue weighted by atomic mass is 10.1. The van der Waals surface area contributed by atoms with E-state index in [4.69, 9.17) is 0 Å². The number of carbonyl (C=O) groups is 1. The Balaban J connectivity index is 1.40. The number of pyridine rings is 1. The number of carbonyl (C=O) groups excluding carboxylic acids is 1. The number of rotatable bonds is 6. The van der Waals surface area contributed by atoms with Gasteiger partial charge in [0.25, 0.3) is 5.91 Å². The lowest BCUT2D eigenvalue weighted by Crippen LogP contribution is -2.26. The topological polar surface area (TPSA) is 72.7 Å². The van der Waals surface area contributed by atoms with Gasteiger partial charge in [-0.3, -0.25) is 4.79 Å². The lowest BCUT2D eigenvalue weighted by molar-refractivity contribution is 0.0950. The molecule has 1 amide bonds. The number of hydrogen-bond donors (Lipinski definition) is 1. The second kappa shape index (κ2) is 8.36. The van der Waals surface area contributed by atoms with Gasteiger partial charge in [0.1, 0.15) is 10.7 Å². The van der Waals surface area contributed by atoms with Gasteiger partial charge in [-0.2, -0.15) is 5.10 Å². The van der Waals surface area contributed by atoms with Crippen molar-refractivity contribution in [3.8, 4) is 16.4 Å². The van der Waals surface area contributed by atoms with Gasteiger partial charge in [-0.05, 0) is 38.0 Å². The number of aromatic nitrogens is 4. The third-order valence-electron chi connectivity index (χ3n) is 4.73. The fourth-order valence-corrected chi connectivity index (χ4v) is 4.03. The largest absolute Gasteiger partial charge is 0.350 e. The van der Waals surface area contributed by atoms with Crippen molar-refractivity contribution in [1.82, 2.24) is 25.1 Å². The van der Waals surface area contributed by atoms with Crippen molar-refractivity contribution in [3.05, 3.63) is 82.8 Å². The highest BCUT2D eigenvalue weighted by atomic mass is 32.1. The van der Waals surface area contributed by atoms with Gasteiger partial charge in [0.15, 0.2) is 5.82 Å². The van der Waals surface area contributed by atoms with E-state index in [9.17, 15) is 4.79 Å². The summed E-state index contributed by atoms with van der Waals surface area (Å²) in [5.74, 6) is 0.634. The van der Waals surface area contributed by atoms with Crippen molar-refractivity contribution in [2.24, 2.45) is 0 Å². The molecule has 0 atom stereocenters. The van der Waals surface area contributed by atoms with E-state index in [2.05, 4.69) is 20.4 Å². The number of thiazole rings is 1. The van der Waals surface area contributed by atoms with Crippen LogP contribution in [0.3, 0.4) is 0 Å². The predicted octanol–water partition coefficient (Wildman–Crippen LogP) is 3.98. The van der Waals surface area contributed by atoms with Gasteiger partial charge < -0.3 is 5.32 Å². The van der Waals surface area contributed by atoms with Crippen LogP contribution in [0.2, 0.25) is 0 Å². The van der Waals surface area contributed by atoms with Crippen LogP contribution in [-0.2, 0) is 6.42 Å². The molecule has 3 aromatic heterocycles. The highest BCUT2D eigenvalue weighted by molar-refractivity contribution is 7.13. The monoisotopic (exact) mass is 403 g/mol. The maximum Gasteiger partial charge on any atom is 0.270 e. The normalized spacial score (nSPS) is 10.8. The van der Waals surface area contributed by atoms with Crippen LogP contribution in [0.4, 0.5) is 0 Å². The van der Waals surface area contributed by atoms with Crippen molar-refractivity contribution in [2.75, 3.05) is 6.54 Å². The molecule has 0 aliphatic carbocycles. The minimum absolute atomic E-state index is 0.157. The second-order valence-corrected chi connectivity index (χ2v) is 7.52. The molecule has 0 bridgehead atoms. The molecular formula is C22H21N5OS. The van der Waals surface area contributed by atoms with Crippen LogP contribution in [0.5, 0.6) is 0 Å². The molecule has 7 heteroatoms. The van der Waals surface area contributed by atoms with Gasteiger partial charge in [-0.15, -0.1) is 11.3 Å². The Kier molecular flexibility index (Phi) is 5.48. The van der Waals surface area contributed by atoms with Crippen molar-refractivity contribution in [1.29, 1.82) is 0 Å². The average molecular weight is 404 g/mol. The SMILES string of the molecule is Cc1nn(-c2ccccn2)c(C)c1CCNC(=O)c1csc(-c2ccccc2)n1. The zero-order chi connectivity index (χ0) is 20.2. The maximum absolute atomic E-state index is 12.5. The first-order chi connectivity index (χ1) is 14.1. The van der Waals surface area contributed by atoms with Gasteiger partial charge in [0, 0.05) is 29.4 Å². The minimum atomic E-state index is -0.157. The summed E-state index contributed by atoms with van der Waals surface area (Å²) in [6.07, 6.45) is 2.45. The van der Waals surface area contributed by atoms with E-state index in [1.54, 1.807) is 11.6 Å². The molecule has 0 aliphatic heterocycles. The summed E-state index contributed by atoms with van der Waals surface area (Å²) in [5, 5.41) is 10.2.